The van der Waals surface area contributed by atoms with Crippen LogP contribution in [-0.4, -0.2) is 43.0 Å². The third-order valence-electron chi connectivity index (χ3n) is 4.16. The molecule has 1 N–H and O–H groups in total. The Balaban J connectivity index is 1.65. The maximum absolute atomic E-state index is 13.7. The molecule has 2 fully saturated rings. The van der Waals surface area contributed by atoms with Gasteiger partial charge in [-0.3, -0.25) is 0 Å². The lowest BCUT2D eigenvalue weighted by atomic mass is 10.0. The zero-order valence-corrected chi connectivity index (χ0v) is 12.7. The molecular weight excluding hydrogens is 332 g/mol. The molecule has 24 heavy (non-hydrogen) atoms. The number of nitrogens with one attached hydrogen (secondary N) is 1. The Hall–Kier alpha value is -1.87. The number of ether oxygens (including phenoxy) is 2. The molecule has 0 bridgehead atoms. The number of carbonyl (C=O) groups is 1. The first-order chi connectivity index (χ1) is 11.3. The first-order valence-corrected chi connectivity index (χ1v) is 7.50. The molecule has 0 radical (unpaired) electrons. The van der Waals surface area contributed by atoms with E-state index < -0.39 is 35.1 Å². The monoisotopic (exact) mass is 348 g/mol. The van der Waals surface area contributed by atoms with Gasteiger partial charge in [-0.1, -0.05) is 0 Å². The Morgan fingerprint density at radius 1 is 1.17 bits per heavy atom. The number of urea groups is 1. The standard InChI is InChI=1S/C15H16F4N2O3/c16-11-2-1-10(15(17,18)19)9-12(11)20-13(22)21-5-3-14(4-6-21)23-7-8-24-14/h1-2,9H,3-8H2,(H,20,22). The summed E-state index contributed by atoms with van der Waals surface area (Å²) >= 11 is 0. The number of carbonyl (C=O) groups excluding carboxylic acids is 1. The Morgan fingerprint density at radius 2 is 1.79 bits per heavy atom. The number of piperidine rings is 1. The van der Waals surface area contributed by atoms with Crippen LogP contribution in [0.25, 0.3) is 0 Å². The van der Waals surface area contributed by atoms with Crippen LogP contribution in [0.4, 0.5) is 28.0 Å². The van der Waals surface area contributed by atoms with E-state index in [2.05, 4.69) is 5.32 Å². The van der Waals surface area contributed by atoms with E-state index in [0.29, 0.717) is 57.3 Å². The summed E-state index contributed by atoms with van der Waals surface area (Å²) in [6.07, 6.45) is -3.68. The van der Waals surface area contributed by atoms with Crippen molar-refractivity contribution in [1.29, 1.82) is 0 Å². The van der Waals surface area contributed by atoms with Crippen LogP contribution in [0.15, 0.2) is 18.2 Å². The lowest BCUT2D eigenvalue weighted by Gasteiger charge is -2.37. The van der Waals surface area contributed by atoms with Gasteiger partial charge < -0.3 is 19.7 Å². The maximum atomic E-state index is 13.7. The maximum Gasteiger partial charge on any atom is 0.416 e. The summed E-state index contributed by atoms with van der Waals surface area (Å²) in [5.74, 6) is -1.59. The summed E-state index contributed by atoms with van der Waals surface area (Å²) in [5.41, 5.74) is -1.52. The first kappa shape index (κ1) is 17.0. The summed E-state index contributed by atoms with van der Waals surface area (Å²) in [4.78, 5) is 13.6. The Kier molecular flexibility index (Phi) is 4.39. The van der Waals surface area contributed by atoms with Crippen LogP contribution in [0.2, 0.25) is 0 Å². The Labute approximate surface area is 135 Å². The second-order valence-corrected chi connectivity index (χ2v) is 5.72. The lowest BCUT2D eigenvalue weighted by Crippen LogP contribution is -2.48. The number of benzene rings is 1. The van der Waals surface area contributed by atoms with Gasteiger partial charge in [0.15, 0.2) is 5.79 Å². The molecule has 3 rings (SSSR count). The molecule has 132 valence electrons. The molecule has 0 aromatic heterocycles. The van der Waals surface area contributed by atoms with Crippen LogP contribution in [0, 0.1) is 5.82 Å². The van der Waals surface area contributed by atoms with Crippen molar-refractivity contribution in [2.75, 3.05) is 31.6 Å². The minimum absolute atomic E-state index is 0.312. The fraction of sp³-hybridized carbons (Fsp3) is 0.533. The van der Waals surface area contributed by atoms with E-state index in [9.17, 15) is 22.4 Å². The predicted octanol–water partition coefficient (Wildman–Crippen LogP) is 3.22. The van der Waals surface area contributed by atoms with E-state index in [-0.39, 0.29) is 0 Å². The van der Waals surface area contributed by atoms with Gasteiger partial charge in [0.25, 0.3) is 0 Å². The van der Waals surface area contributed by atoms with E-state index >= 15 is 0 Å². The molecule has 0 aliphatic carbocycles. The smallest absolute Gasteiger partial charge is 0.347 e. The minimum atomic E-state index is -4.61. The topological polar surface area (TPSA) is 50.8 Å². The van der Waals surface area contributed by atoms with Gasteiger partial charge in [0.05, 0.1) is 24.5 Å². The molecule has 9 heteroatoms. The molecule has 1 aromatic carbocycles. The SMILES string of the molecule is O=C(Nc1cc(C(F)(F)F)ccc1F)N1CCC2(CC1)OCCO2. The quantitative estimate of drug-likeness (QED) is 0.793. The normalized spacial score (nSPS) is 20.4. The third kappa shape index (κ3) is 3.46. The molecule has 2 aliphatic rings. The van der Waals surface area contributed by atoms with Crippen molar-refractivity contribution in [2.24, 2.45) is 0 Å². The average Bonchev–Trinajstić information content (AvgIpc) is 2.97. The highest BCUT2D eigenvalue weighted by molar-refractivity contribution is 5.89. The Morgan fingerprint density at radius 3 is 2.38 bits per heavy atom. The molecule has 0 unspecified atom stereocenters. The summed E-state index contributed by atoms with van der Waals surface area (Å²) in [6.45, 7) is 1.63. The van der Waals surface area contributed by atoms with Crippen LogP contribution in [0.5, 0.6) is 0 Å². The van der Waals surface area contributed by atoms with E-state index in [0.717, 1.165) is 0 Å². The average molecular weight is 348 g/mol. The Bertz CT molecular complexity index is 620. The number of likely N-dealkylation sites (tertiary alicyclic amines) is 1. The highest BCUT2D eigenvalue weighted by Crippen LogP contribution is 2.33. The molecule has 2 saturated heterocycles. The van der Waals surface area contributed by atoms with Gasteiger partial charge in [-0.15, -0.1) is 0 Å². The van der Waals surface area contributed by atoms with Crippen molar-refractivity contribution in [1.82, 2.24) is 4.90 Å². The van der Waals surface area contributed by atoms with Gasteiger partial charge in [0.1, 0.15) is 5.82 Å². The first-order valence-electron chi connectivity index (χ1n) is 7.50. The minimum Gasteiger partial charge on any atom is -0.347 e. The van der Waals surface area contributed by atoms with Crippen molar-refractivity contribution in [2.45, 2.75) is 24.8 Å². The zero-order chi connectivity index (χ0) is 17.4. The molecule has 2 heterocycles. The summed E-state index contributed by atoms with van der Waals surface area (Å²) in [7, 11) is 0. The van der Waals surface area contributed by atoms with Crippen LogP contribution >= 0.6 is 0 Å². The van der Waals surface area contributed by atoms with Gasteiger partial charge in [-0.2, -0.15) is 13.2 Å². The molecule has 2 aliphatic heterocycles. The molecule has 1 spiro atoms. The second kappa shape index (κ2) is 6.21. The number of anilines is 1. The predicted molar refractivity (Wildman–Crippen MR) is 75.9 cm³/mol. The number of nitrogens with zero attached hydrogens (tertiary/aromatic N) is 1. The second-order valence-electron chi connectivity index (χ2n) is 5.72. The fourth-order valence-electron chi connectivity index (χ4n) is 2.83. The lowest BCUT2D eigenvalue weighted by molar-refractivity contribution is -0.181. The number of halogens is 4. The van der Waals surface area contributed by atoms with E-state index in [1.54, 1.807) is 0 Å². The van der Waals surface area contributed by atoms with Crippen LogP contribution in [-0.2, 0) is 15.7 Å². The van der Waals surface area contributed by atoms with Crippen LogP contribution in [0.1, 0.15) is 18.4 Å². The van der Waals surface area contributed by atoms with E-state index in [1.165, 1.54) is 4.90 Å². The van der Waals surface area contributed by atoms with Crippen molar-refractivity contribution < 1.29 is 31.8 Å². The number of hydrogen-bond acceptors (Lipinski definition) is 3. The third-order valence-corrected chi connectivity index (χ3v) is 4.16. The molecule has 1 aromatic rings. The molecule has 2 amide bonds. The molecule has 0 saturated carbocycles. The molecular formula is C15H16F4N2O3. The van der Waals surface area contributed by atoms with Crippen molar-refractivity contribution in [3.8, 4) is 0 Å². The van der Waals surface area contributed by atoms with E-state index in [4.69, 9.17) is 9.47 Å². The highest BCUT2D eigenvalue weighted by atomic mass is 19.4. The summed E-state index contributed by atoms with van der Waals surface area (Å²) in [6, 6.07) is 1.25. The summed E-state index contributed by atoms with van der Waals surface area (Å²) in [5, 5.41) is 2.20. The molecule has 5 nitrogen and oxygen atoms in total. The number of rotatable bonds is 1. The highest BCUT2D eigenvalue weighted by Gasteiger charge is 2.41. The molecule has 0 atom stereocenters. The van der Waals surface area contributed by atoms with Gasteiger partial charge in [0.2, 0.25) is 0 Å². The van der Waals surface area contributed by atoms with Gasteiger partial charge in [-0.05, 0) is 18.2 Å². The van der Waals surface area contributed by atoms with Crippen molar-refractivity contribution in [3.63, 3.8) is 0 Å². The number of hydrogen-bond donors (Lipinski definition) is 1. The zero-order valence-electron chi connectivity index (χ0n) is 12.7. The van der Waals surface area contributed by atoms with Crippen LogP contribution in [0.3, 0.4) is 0 Å². The number of alkyl halides is 3. The van der Waals surface area contributed by atoms with Crippen molar-refractivity contribution >= 4 is 11.7 Å². The largest absolute Gasteiger partial charge is 0.416 e. The fourth-order valence-corrected chi connectivity index (χ4v) is 2.83. The van der Waals surface area contributed by atoms with Crippen molar-refractivity contribution in [3.05, 3.63) is 29.6 Å². The van der Waals surface area contributed by atoms with Gasteiger partial charge in [0, 0.05) is 25.9 Å². The summed E-state index contributed by atoms with van der Waals surface area (Å²) < 4.78 is 62.8. The van der Waals surface area contributed by atoms with Gasteiger partial charge in [-0.25, -0.2) is 9.18 Å². The van der Waals surface area contributed by atoms with E-state index in [1.807, 2.05) is 0 Å². The number of amides is 2. The van der Waals surface area contributed by atoms with Crippen LogP contribution < -0.4 is 5.32 Å². The van der Waals surface area contributed by atoms with Gasteiger partial charge >= 0.3 is 12.2 Å².